The minimum absolute atomic E-state index is 0.0759. The Kier molecular flexibility index (Phi) is 5.15. The number of hydrogen-bond donors (Lipinski definition) is 1. The molecule has 18 heavy (non-hydrogen) atoms. The summed E-state index contributed by atoms with van der Waals surface area (Å²) in [5.41, 5.74) is 8.25. The Morgan fingerprint density at radius 2 is 1.83 bits per heavy atom. The van der Waals surface area contributed by atoms with E-state index in [4.69, 9.17) is 18.0 Å². The maximum absolute atomic E-state index is 5.77. The summed E-state index contributed by atoms with van der Waals surface area (Å²) in [5, 5.41) is 0. The minimum Gasteiger partial charge on any atom is -0.393 e. The van der Waals surface area contributed by atoms with Gasteiger partial charge in [-0.3, -0.25) is 0 Å². The van der Waals surface area contributed by atoms with E-state index in [9.17, 15) is 0 Å². The molecule has 0 saturated carbocycles. The zero-order chi connectivity index (χ0) is 13.8. The molecule has 0 radical (unpaired) electrons. The van der Waals surface area contributed by atoms with E-state index in [1.54, 1.807) is 0 Å². The lowest BCUT2D eigenvalue weighted by atomic mass is 9.89. The Morgan fingerprint density at radius 3 is 2.28 bits per heavy atom. The van der Waals surface area contributed by atoms with Crippen LogP contribution in [0.2, 0.25) is 0 Å². The van der Waals surface area contributed by atoms with Crippen LogP contribution in [0, 0.1) is 12.3 Å². The molecule has 0 aliphatic rings. The molecule has 3 heteroatoms. The molecule has 1 aromatic carbocycles. The number of benzene rings is 1. The molecular formula is C15H24N2S. The predicted molar refractivity (Wildman–Crippen MR) is 84.2 cm³/mol. The first-order chi connectivity index (χ1) is 8.36. The molecule has 2 nitrogen and oxygen atoms in total. The van der Waals surface area contributed by atoms with Gasteiger partial charge in [-0.25, -0.2) is 0 Å². The van der Waals surface area contributed by atoms with Gasteiger partial charge in [0.25, 0.3) is 0 Å². The second-order valence-electron chi connectivity index (χ2n) is 5.41. The highest BCUT2D eigenvalue weighted by Crippen LogP contribution is 2.23. The molecule has 0 fully saturated rings. The molecule has 100 valence electrons. The van der Waals surface area contributed by atoms with Gasteiger partial charge in [-0.2, -0.15) is 0 Å². The topological polar surface area (TPSA) is 29.3 Å². The smallest absolute Gasteiger partial charge is 0.0785 e. The summed E-state index contributed by atoms with van der Waals surface area (Å²) in [6.45, 7) is 10.5. The van der Waals surface area contributed by atoms with E-state index in [0.717, 1.165) is 19.5 Å². The summed E-state index contributed by atoms with van der Waals surface area (Å²) in [7, 11) is 0. The van der Waals surface area contributed by atoms with Crippen molar-refractivity contribution < 1.29 is 0 Å². The number of nitrogens with two attached hydrogens (primary N) is 1. The third-order valence-electron chi connectivity index (χ3n) is 3.45. The van der Waals surface area contributed by atoms with Crippen molar-refractivity contribution in [3.05, 3.63) is 29.8 Å². The first-order valence-corrected chi connectivity index (χ1v) is 6.89. The molecule has 1 aromatic rings. The van der Waals surface area contributed by atoms with Crippen molar-refractivity contribution in [2.24, 2.45) is 11.1 Å². The van der Waals surface area contributed by atoms with Crippen LogP contribution in [0.5, 0.6) is 0 Å². The van der Waals surface area contributed by atoms with Gasteiger partial charge in [0, 0.05) is 24.2 Å². The van der Waals surface area contributed by atoms with Gasteiger partial charge in [-0.05, 0) is 32.4 Å². The van der Waals surface area contributed by atoms with E-state index in [0.29, 0.717) is 4.99 Å². The van der Waals surface area contributed by atoms with Crippen molar-refractivity contribution in [1.82, 2.24) is 0 Å². The highest BCUT2D eigenvalue weighted by Gasteiger charge is 2.22. The number of aryl methyl sites for hydroxylation is 1. The van der Waals surface area contributed by atoms with E-state index >= 15 is 0 Å². The fourth-order valence-electron chi connectivity index (χ4n) is 1.76. The highest BCUT2D eigenvalue weighted by molar-refractivity contribution is 7.80. The summed E-state index contributed by atoms with van der Waals surface area (Å²) in [4.78, 5) is 2.96. The largest absolute Gasteiger partial charge is 0.393 e. The number of rotatable bonds is 6. The van der Waals surface area contributed by atoms with Crippen LogP contribution >= 0.6 is 12.2 Å². The van der Waals surface area contributed by atoms with Crippen LogP contribution in [-0.2, 0) is 0 Å². The molecule has 1 rings (SSSR count). The van der Waals surface area contributed by atoms with Crippen LogP contribution < -0.4 is 10.6 Å². The molecule has 0 aliphatic carbocycles. The van der Waals surface area contributed by atoms with Crippen LogP contribution in [0.15, 0.2) is 24.3 Å². The van der Waals surface area contributed by atoms with Gasteiger partial charge in [0.15, 0.2) is 0 Å². The van der Waals surface area contributed by atoms with E-state index in [-0.39, 0.29) is 5.41 Å². The molecule has 0 spiro atoms. The van der Waals surface area contributed by atoms with E-state index in [2.05, 4.69) is 56.9 Å². The molecule has 0 saturated heterocycles. The monoisotopic (exact) mass is 264 g/mol. The average molecular weight is 264 g/mol. The average Bonchev–Trinajstić information content (AvgIpc) is 2.31. The second-order valence-corrected chi connectivity index (χ2v) is 5.85. The van der Waals surface area contributed by atoms with Gasteiger partial charge in [0.05, 0.1) is 4.99 Å². The third-order valence-corrected chi connectivity index (χ3v) is 4.01. The van der Waals surface area contributed by atoms with Crippen LogP contribution in [0.3, 0.4) is 0 Å². The third kappa shape index (κ3) is 3.98. The van der Waals surface area contributed by atoms with Crippen molar-refractivity contribution in [2.75, 3.05) is 18.0 Å². The molecule has 0 bridgehead atoms. The van der Waals surface area contributed by atoms with Crippen molar-refractivity contribution in [3.63, 3.8) is 0 Å². The molecular weight excluding hydrogens is 240 g/mol. The maximum atomic E-state index is 5.77. The van der Waals surface area contributed by atoms with Crippen LogP contribution in [0.1, 0.15) is 32.8 Å². The SMILES string of the molecule is CCN(CCC(C)(C)C(N)=S)c1ccc(C)cc1. The summed E-state index contributed by atoms with van der Waals surface area (Å²) in [6, 6.07) is 8.65. The highest BCUT2D eigenvalue weighted by atomic mass is 32.1. The van der Waals surface area contributed by atoms with Crippen LogP contribution in [0.4, 0.5) is 5.69 Å². The summed E-state index contributed by atoms with van der Waals surface area (Å²) in [5.74, 6) is 0. The summed E-state index contributed by atoms with van der Waals surface area (Å²) in [6.07, 6.45) is 0.976. The van der Waals surface area contributed by atoms with Gasteiger partial charge in [-0.15, -0.1) is 0 Å². The Labute approximate surface area is 116 Å². The van der Waals surface area contributed by atoms with Crippen LogP contribution in [-0.4, -0.2) is 18.1 Å². The zero-order valence-electron chi connectivity index (χ0n) is 11.9. The first-order valence-electron chi connectivity index (χ1n) is 6.48. The normalized spacial score (nSPS) is 11.3. The quantitative estimate of drug-likeness (QED) is 0.797. The van der Waals surface area contributed by atoms with E-state index < -0.39 is 0 Å². The molecule has 0 amide bonds. The molecule has 0 unspecified atom stereocenters. The predicted octanol–water partition coefficient (Wildman–Crippen LogP) is 3.52. The number of nitrogens with zero attached hydrogens (tertiary/aromatic N) is 1. The fraction of sp³-hybridized carbons (Fsp3) is 0.533. The van der Waals surface area contributed by atoms with Gasteiger partial charge in [0.2, 0.25) is 0 Å². The molecule has 0 aromatic heterocycles. The Balaban J connectivity index is 2.68. The maximum Gasteiger partial charge on any atom is 0.0785 e. The molecule has 0 atom stereocenters. The lowest BCUT2D eigenvalue weighted by molar-refractivity contribution is 0.477. The van der Waals surface area contributed by atoms with Gasteiger partial charge in [-0.1, -0.05) is 43.8 Å². The minimum atomic E-state index is -0.0759. The second kappa shape index (κ2) is 6.19. The van der Waals surface area contributed by atoms with Crippen molar-refractivity contribution in [2.45, 2.75) is 34.1 Å². The lowest BCUT2D eigenvalue weighted by Crippen LogP contribution is -2.35. The number of thiocarbonyl (C=S) groups is 1. The molecule has 2 N–H and O–H groups in total. The Hall–Kier alpha value is -1.09. The number of hydrogen-bond acceptors (Lipinski definition) is 2. The van der Waals surface area contributed by atoms with E-state index in [1.165, 1.54) is 11.3 Å². The first kappa shape index (κ1) is 15.0. The lowest BCUT2D eigenvalue weighted by Gasteiger charge is -2.29. The number of anilines is 1. The van der Waals surface area contributed by atoms with Gasteiger partial charge < -0.3 is 10.6 Å². The fourth-order valence-corrected chi connectivity index (χ4v) is 1.87. The van der Waals surface area contributed by atoms with Gasteiger partial charge >= 0.3 is 0 Å². The van der Waals surface area contributed by atoms with Crippen molar-refractivity contribution >= 4 is 22.9 Å². The zero-order valence-corrected chi connectivity index (χ0v) is 12.7. The van der Waals surface area contributed by atoms with Crippen molar-refractivity contribution in [1.29, 1.82) is 0 Å². The standard InChI is InChI=1S/C15H24N2S/c1-5-17(11-10-15(3,4)14(16)18)13-8-6-12(2)7-9-13/h6-9H,5,10-11H2,1-4H3,(H2,16,18). The van der Waals surface area contributed by atoms with Crippen LogP contribution in [0.25, 0.3) is 0 Å². The van der Waals surface area contributed by atoms with E-state index in [1.807, 2.05) is 0 Å². The summed E-state index contributed by atoms with van der Waals surface area (Å²) < 4.78 is 0. The van der Waals surface area contributed by atoms with Crippen molar-refractivity contribution in [3.8, 4) is 0 Å². The van der Waals surface area contributed by atoms with Gasteiger partial charge in [0.1, 0.15) is 0 Å². The summed E-state index contributed by atoms with van der Waals surface area (Å²) >= 11 is 5.11. The molecule has 0 heterocycles. The Morgan fingerprint density at radius 1 is 1.28 bits per heavy atom. The Bertz CT molecular complexity index is 395. The molecule has 0 aliphatic heterocycles.